The van der Waals surface area contributed by atoms with Crippen LogP contribution < -0.4 is 10.6 Å². The Kier molecular flexibility index (Phi) is 6.26. The molecule has 2 atom stereocenters. The Labute approximate surface area is 117 Å². The maximum Gasteiger partial charge on any atom is 0.411 e. The van der Waals surface area contributed by atoms with Gasteiger partial charge in [0.1, 0.15) is 6.61 Å². The number of alkyl halides is 6. The highest BCUT2D eigenvalue weighted by Gasteiger charge is 2.42. The lowest BCUT2D eigenvalue weighted by molar-refractivity contribution is -0.180. The summed E-state index contributed by atoms with van der Waals surface area (Å²) in [5.41, 5.74) is 0. The largest absolute Gasteiger partial charge is 0.411 e. The number of halogens is 6. The van der Waals surface area contributed by atoms with E-state index in [0.29, 0.717) is 0 Å². The van der Waals surface area contributed by atoms with Gasteiger partial charge in [0.25, 0.3) is 0 Å². The highest BCUT2D eigenvalue weighted by atomic mass is 19.4. The maximum atomic E-state index is 12.4. The van der Waals surface area contributed by atoms with Gasteiger partial charge in [-0.1, -0.05) is 0 Å². The number of rotatable bonds is 5. The van der Waals surface area contributed by atoms with Crippen molar-refractivity contribution in [1.29, 1.82) is 0 Å². The first-order valence-electron chi connectivity index (χ1n) is 6.32. The van der Waals surface area contributed by atoms with Crippen molar-refractivity contribution >= 4 is 5.91 Å². The molecule has 0 bridgehead atoms. The molecular formula is C11H16F6N2O2. The first-order chi connectivity index (χ1) is 9.59. The molecule has 0 aromatic carbocycles. The van der Waals surface area contributed by atoms with Gasteiger partial charge in [-0.2, -0.15) is 26.3 Å². The van der Waals surface area contributed by atoms with Crippen LogP contribution in [0.1, 0.15) is 12.8 Å². The van der Waals surface area contributed by atoms with Crippen molar-refractivity contribution in [1.82, 2.24) is 10.6 Å². The molecular weight excluding hydrogens is 306 g/mol. The lowest BCUT2D eigenvalue weighted by Crippen LogP contribution is -2.51. The highest BCUT2D eigenvalue weighted by molar-refractivity contribution is 5.81. The smallest absolute Gasteiger partial charge is 0.370 e. The van der Waals surface area contributed by atoms with E-state index in [0.717, 1.165) is 0 Å². The normalized spacial score (nSPS) is 23.9. The third-order valence-electron chi connectivity index (χ3n) is 3.01. The van der Waals surface area contributed by atoms with E-state index in [1.54, 1.807) is 0 Å². The number of nitrogens with one attached hydrogen (secondary N) is 2. The summed E-state index contributed by atoms with van der Waals surface area (Å²) in [6, 6.07) is -0.758. The number of hydrogen-bond acceptors (Lipinski definition) is 3. The molecule has 1 heterocycles. The number of hydrogen-bond donors (Lipinski definition) is 2. The van der Waals surface area contributed by atoms with Gasteiger partial charge in [-0.3, -0.25) is 4.79 Å². The Morgan fingerprint density at radius 1 is 1.19 bits per heavy atom. The van der Waals surface area contributed by atoms with Crippen LogP contribution in [0.25, 0.3) is 0 Å². The van der Waals surface area contributed by atoms with Gasteiger partial charge in [-0.05, 0) is 12.8 Å². The standard InChI is InChI=1S/C11H16F6N2O2/c12-10(13,14)6-21-4-3-18-9(20)8-2-1-7(5-19-8)11(15,16)17/h7-8,19H,1-6H2,(H,18,20). The summed E-state index contributed by atoms with van der Waals surface area (Å²) < 4.78 is 76.8. The quantitative estimate of drug-likeness (QED) is 0.597. The van der Waals surface area contributed by atoms with Crippen LogP contribution in [0.15, 0.2) is 0 Å². The second kappa shape index (κ2) is 7.30. The maximum absolute atomic E-state index is 12.4. The fourth-order valence-electron chi connectivity index (χ4n) is 1.92. The van der Waals surface area contributed by atoms with Crippen molar-refractivity contribution in [2.45, 2.75) is 31.2 Å². The van der Waals surface area contributed by atoms with Crippen molar-refractivity contribution in [2.24, 2.45) is 5.92 Å². The van der Waals surface area contributed by atoms with Crippen LogP contribution in [0, 0.1) is 5.92 Å². The molecule has 0 aliphatic carbocycles. The summed E-state index contributed by atoms with van der Waals surface area (Å²) in [6.07, 6.45) is -8.85. The Hall–Kier alpha value is -1.03. The topological polar surface area (TPSA) is 50.4 Å². The lowest BCUT2D eigenvalue weighted by Gasteiger charge is -2.30. The van der Waals surface area contributed by atoms with Crippen LogP contribution in [0.3, 0.4) is 0 Å². The summed E-state index contributed by atoms with van der Waals surface area (Å²) in [7, 11) is 0. The predicted molar refractivity (Wildman–Crippen MR) is 60.5 cm³/mol. The van der Waals surface area contributed by atoms with E-state index in [1.165, 1.54) is 0 Å². The summed E-state index contributed by atoms with van der Waals surface area (Å²) in [5, 5.41) is 4.80. The Morgan fingerprint density at radius 2 is 1.86 bits per heavy atom. The van der Waals surface area contributed by atoms with Crippen LogP contribution in [0.2, 0.25) is 0 Å². The highest BCUT2D eigenvalue weighted by Crippen LogP contribution is 2.31. The van der Waals surface area contributed by atoms with Crippen LogP contribution in [-0.4, -0.2) is 50.6 Å². The van der Waals surface area contributed by atoms with E-state index in [-0.39, 0.29) is 32.5 Å². The Morgan fingerprint density at radius 3 is 2.33 bits per heavy atom. The molecule has 0 aromatic heterocycles. The fraction of sp³-hybridized carbons (Fsp3) is 0.909. The molecule has 124 valence electrons. The first-order valence-corrected chi connectivity index (χ1v) is 6.32. The zero-order chi connectivity index (χ0) is 16.1. The molecule has 2 N–H and O–H groups in total. The average Bonchev–Trinajstić information content (AvgIpc) is 2.36. The molecule has 21 heavy (non-hydrogen) atoms. The molecule has 1 amide bonds. The second-order valence-corrected chi connectivity index (χ2v) is 4.74. The summed E-state index contributed by atoms with van der Waals surface area (Å²) in [5.74, 6) is -2.01. The summed E-state index contributed by atoms with van der Waals surface area (Å²) in [6.45, 7) is -2.19. The Bertz CT molecular complexity index is 337. The summed E-state index contributed by atoms with van der Waals surface area (Å²) in [4.78, 5) is 11.6. The second-order valence-electron chi connectivity index (χ2n) is 4.74. The zero-order valence-electron chi connectivity index (χ0n) is 11.0. The van der Waals surface area contributed by atoms with Gasteiger partial charge in [-0.15, -0.1) is 0 Å². The molecule has 1 aliphatic rings. The van der Waals surface area contributed by atoms with Gasteiger partial charge < -0.3 is 15.4 Å². The molecule has 1 aliphatic heterocycles. The van der Waals surface area contributed by atoms with E-state index in [1.807, 2.05) is 0 Å². The van der Waals surface area contributed by atoms with Crippen molar-refractivity contribution in [3.05, 3.63) is 0 Å². The number of ether oxygens (including phenoxy) is 1. The monoisotopic (exact) mass is 322 g/mol. The molecule has 4 nitrogen and oxygen atoms in total. The van der Waals surface area contributed by atoms with Crippen molar-refractivity contribution in [3.8, 4) is 0 Å². The van der Waals surface area contributed by atoms with E-state index < -0.39 is 36.8 Å². The molecule has 0 spiro atoms. The Balaban J connectivity index is 2.17. The lowest BCUT2D eigenvalue weighted by atomic mass is 9.94. The predicted octanol–water partition coefficient (Wildman–Crippen LogP) is 1.61. The minimum absolute atomic E-state index is 0.0272. The van der Waals surface area contributed by atoms with Crippen molar-refractivity contribution in [2.75, 3.05) is 26.3 Å². The number of piperidine rings is 1. The molecule has 1 rings (SSSR count). The zero-order valence-corrected chi connectivity index (χ0v) is 11.0. The van der Waals surface area contributed by atoms with Gasteiger partial charge in [-0.25, -0.2) is 0 Å². The minimum atomic E-state index is -4.43. The van der Waals surface area contributed by atoms with Gasteiger partial charge in [0.05, 0.1) is 18.6 Å². The molecule has 2 unspecified atom stereocenters. The molecule has 0 radical (unpaired) electrons. The summed E-state index contributed by atoms with van der Waals surface area (Å²) >= 11 is 0. The van der Waals surface area contributed by atoms with Crippen LogP contribution in [0.4, 0.5) is 26.3 Å². The van der Waals surface area contributed by atoms with Crippen LogP contribution >= 0.6 is 0 Å². The molecule has 1 saturated heterocycles. The van der Waals surface area contributed by atoms with Gasteiger partial charge in [0.2, 0.25) is 5.91 Å². The molecule has 1 fully saturated rings. The fourth-order valence-corrected chi connectivity index (χ4v) is 1.92. The molecule has 10 heteroatoms. The molecule has 0 saturated carbocycles. The van der Waals surface area contributed by atoms with E-state index in [4.69, 9.17) is 0 Å². The molecule has 0 aromatic rings. The van der Waals surface area contributed by atoms with Gasteiger partial charge in [0.15, 0.2) is 0 Å². The van der Waals surface area contributed by atoms with E-state index in [2.05, 4.69) is 15.4 Å². The minimum Gasteiger partial charge on any atom is -0.370 e. The van der Waals surface area contributed by atoms with Crippen molar-refractivity contribution in [3.63, 3.8) is 0 Å². The van der Waals surface area contributed by atoms with Gasteiger partial charge >= 0.3 is 12.4 Å². The van der Waals surface area contributed by atoms with Gasteiger partial charge in [0, 0.05) is 13.1 Å². The first kappa shape index (κ1) is 18.0. The SMILES string of the molecule is O=C(NCCOCC(F)(F)F)C1CCC(C(F)(F)F)CN1. The third kappa shape index (κ3) is 6.98. The number of carbonyl (C=O) groups excluding carboxylic acids is 1. The van der Waals surface area contributed by atoms with E-state index >= 15 is 0 Å². The van der Waals surface area contributed by atoms with Crippen LogP contribution in [-0.2, 0) is 9.53 Å². The van der Waals surface area contributed by atoms with Crippen LogP contribution in [0.5, 0.6) is 0 Å². The number of amides is 1. The average molecular weight is 322 g/mol. The number of carbonyl (C=O) groups is 1. The van der Waals surface area contributed by atoms with Crippen molar-refractivity contribution < 1.29 is 35.9 Å². The third-order valence-corrected chi connectivity index (χ3v) is 3.01. The van der Waals surface area contributed by atoms with E-state index in [9.17, 15) is 31.1 Å².